The highest BCUT2D eigenvalue weighted by Crippen LogP contribution is 2.24. The summed E-state index contributed by atoms with van der Waals surface area (Å²) < 4.78 is 2.13. The summed E-state index contributed by atoms with van der Waals surface area (Å²) in [5.74, 6) is -0.981. The summed E-state index contributed by atoms with van der Waals surface area (Å²) >= 11 is 0. The van der Waals surface area contributed by atoms with Crippen LogP contribution in [0.4, 0.5) is 0 Å². The molecule has 3 rings (SSSR count). The van der Waals surface area contributed by atoms with Gasteiger partial charge in [0.25, 0.3) is 0 Å². The molecule has 23 heavy (non-hydrogen) atoms. The van der Waals surface area contributed by atoms with Crippen LogP contribution >= 0.6 is 0 Å². The number of para-hydroxylation sites is 1. The van der Waals surface area contributed by atoms with Crippen molar-refractivity contribution in [3.8, 4) is 0 Å². The van der Waals surface area contributed by atoms with Gasteiger partial charge in [0.1, 0.15) is 6.04 Å². The molecule has 2 aromatic rings. The van der Waals surface area contributed by atoms with E-state index in [-0.39, 0.29) is 12.3 Å². The maximum absolute atomic E-state index is 12.7. The number of fused-ring (bicyclic) bond motifs is 1. The number of amides is 1. The summed E-state index contributed by atoms with van der Waals surface area (Å²) in [6.07, 6.45) is 4.58. The van der Waals surface area contributed by atoms with E-state index in [2.05, 4.69) is 11.5 Å². The molecule has 122 valence electrons. The first-order valence-electron chi connectivity index (χ1n) is 8.21. The van der Waals surface area contributed by atoms with Crippen molar-refractivity contribution in [3.05, 3.63) is 36.0 Å². The molecular formula is C18H22N2O3. The molecule has 2 heterocycles. The number of aryl methyl sites for hydroxylation is 1. The van der Waals surface area contributed by atoms with E-state index in [1.54, 1.807) is 4.90 Å². The number of aliphatic carboxylic acids is 1. The van der Waals surface area contributed by atoms with E-state index in [1.807, 2.05) is 30.5 Å². The number of hydrogen-bond donors (Lipinski definition) is 1. The largest absolute Gasteiger partial charge is 0.480 e. The van der Waals surface area contributed by atoms with E-state index in [1.165, 1.54) is 0 Å². The first kappa shape index (κ1) is 15.6. The molecule has 5 nitrogen and oxygen atoms in total. The van der Waals surface area contributed by atoms with Crippen LogP contribution in [0, 0.1) is 0 Å². The van der Waals surface area contributed by atoms with Crippen LogP contribution in [0.3, 0.4) is 0 Å². The zero-order chi connectivity index (χ0) is 16.4. The molecule has 0 unspecified atom stereocenters. The summed E-state index contributed by atoms with van der Waals surface area (Å²) in [7, 11) is 0. The van der Waals surface area contributed by atoms with Crippen LogP contribution in [0.25, 0.3) is 10.9 Å². The first-order chi connectivity index (χ1) is 11.1. The van der Waals surface area contributed by atoms with E-state index in [0.29, 0.717) is 13.0 Å². The molecule has 1 aliphatic heterocycles. The molecule has 0 bridgehead atoms. The van der Waals surface area contributed by atoms with Gasteiger partial charge in [-0.15, -0.1) is 0 Å². The van der Waals surface area contributed by atoms with Crippen LogP contribution in [0.1, 0.15) is 31.7 Å². The number of aromatic nitrogens is 1. The minimum absolute atomic E-state index is 0.0869. The van der Waals surface area contributed by atoms with Gasteiger partial charge in [-0.3, -0.25) is 4.79 Å². The third-order valence-electron chi connectivity index (χ3n) is 4.66. The van der Waals surface area contributed by atoms with Gasteiger partial charge in [-0.1, -0.05) is 18.2 Å². The fourth-order valence-corrected chi connectivity index (χ4v) is 3.48. The van der Waals surface area contributed by atoms with Crippen molar-refractivity contribution in [1.29, 1.82) is 0 Å². The fraction of sp³-hybridized carbons (Fsp3) is 0.444. The number of carbonyl (C=O) groups is 2. The quantitative estimate of drug-likeness (QED) is 0.943. The zero-order valence-electron chi connectivity index (χ0n) is 13.4. The highest BCUT2D eigenvalue weighted by atomic mass is 16.4. The molecule has 5 heteroatoms. The van der Waals surface area contributed by atoms with Gasteiger partial charge in [0.05, 0.1) is 6.42 Å². The van der Waals surface area contributed by atoms with Crippen molar-refractivity contribution in [1.82, 2.24) is 9.47 Å². The van der Waals surface area contributed by atoms with E-state index in [4.69, 9.17) is 0 Å². The minimum atomic E-state index is -0.894. The van der Waals surface area contributed by atoms with Crippen molar-refractivity contribution in [2.75, 3.05) is 6.54 Å². The summed E-state index contributed by atoms with van der Waals surface area (Å²) in [6.45, 7) is 3.46. The van der Waals surface area contributed by atoms with Crippen LogP contribution in [0.5, 0.6) is 0 Å². The monoisotopic (exact) mass is 314 g/mol. The van der Waals surface area contributed by atoms with Gasteiger partial charge in [0.15, 0.2) is 0 Å². The third-order valence-corrected chi connectivity index (χ3v) is 4.66. The van der Waals surface area contributed by atoms with E-state index in [9.17, 15) is 14.7 Å². The Hall–Kier alpha value is -2.30. The second-order valence-corrected chi connectivity index (χ2v) is 6.07. The van der Waals surface area contributed by atoms with Crippen LogP contribution in [0.2, 0.25) is 0 Å². The molecule has 1 amide bonds. The first-order valence-corrected chi connectivity index (χ1v) is 8.21. The fourth-order valence-electron chi connectivity index (χ4n) is 3.48. The van der Waals surface area contributed by atoms with Gasteiger partial charge in [0, 0.05) is 30.2 Å². The third kappa shape index (κ3) is 2.96. The van der Waals surface area contributed by atoms with Gasteiger partial charge >= 0.3 is 5.97 Å². The van der Waals surface area contributed by atoms with Crippen LogP contribution in [-0.4, -0.2) is 39.0 Å². The molecular weight excluding hydrogens is 292 g/mol. The summed E-state index contributed by atoms with van der Waals surface area (Å²) in [4.78, 5) is 25.6. The molecule has 1 saturated heterocycles. The predicted molar refractivity (Wildman–Crippen MR) is 88.3 cm³/mol. The Kier molecular flexibility index (Phi) is 4.37. The average Bonchev–Trinajstić information content (AvgIpc) is 2.93. The number of piperidine rings is 1. The second-order valence-electron chi connectivity index (χ2n) is 6.07. The van der Waals surface area contributed by atoms with E-state index >= 15 is 0 Å². The standard InChI is InChI=1S/C18H22N2O3/c1-2-19-12-13(14-7-3-4-8-15(14)19)11-17(21)20-10-6-5-9-16(20)18(22)23/h3-4,7-8,12,16H,2,5-6,9-11H2,1H3,(H,22,23)/t16-/m1/s1. The summed E-state index contributed by atoms with van der Waals surface area (Å²) in [5.41, 5.74) is 2.09. The van der Waals surface area contributed by atoms with Gasteiger partial charge in [-0.2, -0.15) is 0 Å². The van der Waals surface area contributed by atoms with Gasteiger partial charge in [0.2, 0.25) is 5.91 Å². The molecule has 0 radical (unpaired) electrons. The van der Waals surface area contributed by atoms with Crippen molar-refractivity contribution < 1.29 is 14.7 Å². The van der Waals surface area contributed by atoms with Crippen LogP contribution in [0.15, 0.2) is 30.5 Å². The second kappa shape index (κ2) is 6.44. The Morgan fingerprint density at radius 2 is 2.04 bits per heavy atom. The Balaban J connectivity index is 1.86. The normalized spacial score (nSPS) is 18.3. The lowest BCUT2D eigenvalue weighted by atomic mass is 10.0. The molecule has 1 aliphatic rings. The van der Waals surface area contributed by atoms with Crippen LogP contribution in [-0.2, 0) is 22.6 Å². The Morgan fingerprint density at radius 1 is 1.26 bits per heavy atom. The van der Waals surface area contributed by atoms with Gasteiger partial charge in [-0.05, 0) is 37.8 Å². The lowest BCUT2D eigenvalue weighted by Crippen LogP contribution is -2.48. The lowest BCUT2D eigenvalue weighted by Gasteiger charge is -2.33. The van der Waals surface area contributed by atoms with Gasteiger partial charge < -0.3 is 14.6 Å². The Labute approximate surface area is 135 Å². The highest BCUT2D eigenvalue weighted by molar-refractivity contribution is 5.91. The lowest BCUT2D eigenvalue weighted by molar-refractivity contribution is -0.151. The maximum atomic E-state index is 12.7. The molecule has 1 aromatic heterocycles. The number of carboxylic acid groups (broad SMARTS) is 1. The Bertz CT molecular complexity index is 735. The molecule has 1 atom stereocenters. The number of rotatable bonds is 4. The smallest absolute Gasteiger partial charge is 0.326 e. The van der Waals surface area contributed by atoms with Crippen molar-refractivity contribution in [2.24, 2.45) is 0 Å². The highest BCUT2D eigenvalue weighted by Gasteiger charge is 2.32. The number of likely N-dealkylation sites (tertiary alicyclic amines) is 1. The maximum Gasteiger partial charge on any atom is 0.326 e. The van der Waals surface area contributed by atoms with Gasteiger partial charge in [-0.25, -0.2) is 4.79 Å². The number of hydrogen-bond acceptors (Lipinski definition) is 2. The molecule has 0 spiro atoms. The topological polar surface area (TPSA) is 62.5 Å². The predicted octanol–water partition coefficient (Wildman–Crippen LogP) is 2.67. The van der Waals surface area contributed by atoms with E-state index < -0.39 is 12.0 Å². The number of benzene rings is 1. The molecule has 0 saturated carbocycles. The summed E-state index contributed by atoms with van der Waals surface area (Å²) in [6, 6.07) is 7.36. The molecule has 0 aliphatic carbocycles. The van der Waals surface area contributed by atoms with Crippen molar-refractivity contribution in [2.45, 2.75) is 45.2 Å². The van der Waals surface area contributed by atoms with Crippen molar-refractivity contribution in [3.63, 3.8) is 0 Å². The summed E-state index contributed by atoms with van der Waals surface area (Å²) in [5, 5.41) is 10.4. The van der Waals surface area contributed by atoms with E-state index in [0.717, 1.165) is 35.9 Å². The number of nitrogens with zero attached hydrogens (tertiary/aromatic N) is 2. The zero-order valence-corrected chi connectivity index (χ0v) is 13.4. The molecule has 1 fully saturated rings. The number of carboxylic acids is 1. The Morgan fingerprint density at radius 3 is 2.78 bits per heavy atom. The number of carbonyl (C=O) groups excluding carboxylic acids is 1. The SMILES string of the molecule is CCn1cc(CC(=O)N2CCCC[C@@H]2C(=O)O)c2ccccc21. The molecule has 1 N–H and O–H groups in total. The minimum Gasteiger partial charge on any atom is -0.480 e. The van der Waals surface area contributed by atoms with Crippen molar-refractivity contribution >= 4 is 22.8 Å². The average molecular weight is 314 g/mol. The molecule has 1 aromatic carbocycles. The van der Waals surface area contributed by atoms with Crippen LogP contribution < -0.4 is 0 Å².